The van der Waals surface area contributed by atoms with Gasteiger partial charge in [0.2, 0.25) is 10.0 Å². The fourth-order valence-electron chi connectivity index (χ4n) is 3.39. The van der Waals surface area contributed by atoms with Crippen LogP contribution in [0.1, 0.15) is 32.1 Å². The van der Waals surface area contributed by atoms with Crippen LogP contribution in [0.15, 0.2) is 52.2 Å². The van der Waals surface area contributed by atoms with E-state index in [9.17, 15) is 13.2 Å². The van der Waals surface area contributed by atoms with Gasteiger partial charge >= 0.3 is 0 Å². The Morgan fingerprint density at radius 1 is 1.20 bits per heavy atom. The summed E-state index contributed by atoms with van der Waals surface area (Å²) in [5, 5.41) is 0.885. The summed E-state index contributed by atoms with van der Waals surface area (Å²) < 4.78 is 34.7. The number of hydrogen-bond acceptors (Lipinski definition) is 5. The Hall–Kier alpha value is -2.42. The molecule has 0 saturated heterocycles. The Morgan fingerprint density at radius 2 is 1.87 bits per heavy atom. The number of benzene rings is 2. The highest BCUT2D eigenvalue weighted by molar-refractivity contribution is 7.89. The Bertz CT molecular complexity index is 1220. The monoisotopic (exact) mass is 449 g/mol. The molecule has 0 amide bonds. The predicted octanol–water partition coefficient (Wildman–Crippen LogP) is 3.76. The second-order valence-corrected chi connectivity index (χ2v) is 9.29. The van der Waals surface area contributed by atoms with Crippen LogP contribution >= 0.6 is 11.6 Å². The largest absolute Gasteiger partial charge is 0.497 e. The molecule has 1 unspecified atom stereocenters. The van der Waals surface area contributed by atoms with Gasteiger partial charge < -0.3 is 4.74 Å². The molecule has 0 bridgehead atoms. The van der Waals surface area contributed by atoms with Crippen molar-refractivity contribution in [2.45, 2.75) is 31.2 Å². The summed E-state index contributed by atoms with van der Waals surface area (Å²) in [7, 11) is -0.713. The fourth-order valence-corrected chi connectivity index (χ4v) is 5.24. The van der Waals surface area contributed by atoms with Crippen molar-refractivity contribution in [3.05, 3.63) is 63.7 Å². The maximum Gasteiger partial charge on any atom is 0.261 e. The topological polar surface area (TPSA) is 81.5 Å². The van der Waals surface area contributed by atoms with Gasteiger partial charge in [-0.3, -0.25) is 9.36 Å². The van der Waals surface area contributed by atoms with E-state index in [-0.39, 0.29) is 17.0 Å². The maximum atomic E-state index is 13.4. The molecule has 1 aromatic heterocycles. The summed E-state index contributed by atoms with van der Waals surface area (Å²) in [6.07, 6.45) is 0.604. The van der Waals surface area contributed by atoms with E-state index in [2.05, 4.69) is 4.98 Å². The van der Waals surface area contributed by atoms with Crippen molar-refractivity contribution in [3.8, 4) is 5.75 Å². The van der Waals surface area contributed by atoms with Crippen LogP contribution in [-0.4, -0.2) is 35.9 Å². The quantitative estimate of drug-likeness (QED) is 0.548. The number of fused-ring (bicyclic) bond motifs is 1. The smallest absolute Gasteiger partial charge is 0.261 e. The molecule has 0 spiro atoms. The summed E-state index contributed by atoms with van der Waals surface area (Å²) >= 11 is 6.07. The van der Waals surface area contributed by atoms with Gasteiger partial charge in [-0.25, -0.2) is 13.4 Å². The third-order valence-electron chi connectivity index (χ3n) is 4.99. The van der Waals surface area contributed by atoms with Gasteiger partial charge in [0, 0.05) is 18.6 Å². The summed E-state index contributed by atoms with van der Waals surface area (Å²) in [6.45, 7) is 3.91. The first kappa shape index (κ1) is 22.3. The van der Waals surface area contributed by atoms with Crippen molar-refractivity contribution in [1.29, 1.82) is 0 Å². The lowest BCUT2D eigenvalue weighted by Crippen LogP contribution is -2.37. The van der Waals surface area contributed by atoms with Crippen LogP contribution in [0.25, 0.3) is 10.9 Å². The highest BCUT2D eigenvalue weighted by Gasteiger charge is 2.31. The molecule has 0 aliphatic carbocycles. The van der Waals surface area contributed by atoms with Crippen molar-refractivity contribution >= 4 is 32.5 Å². The molecule has 1 heterocycles. The third-order valence-corrected chi connectivity index (χ3v) is 7.21. The number of rotatable bonds is 7. The second-order valence-electron chi connectivity index (χ2n) is 6.96. The number of hydrogen-bond donors (Lipinski definition) is 0. The van der Waals surface area contributed by atoms with E-state index in [1.165, 1.54) is 28.1 Å². The van der Waals surface area contributed by atoms with Crippen molar-refractivity contribution in [3.63, 3.8) is 0 Å². The Balaban J connectivity index is 2.12. The highest BCUT2D eigenvalue weighted by Crippen LogP contribution is 2.28. The summed E-state index contributed by atoms with van der Waals surface area (Å²) in [4.78, 5) is 17.6. The normalized spacial score (nSPS) is 13.0. The standard InChI is InChI=1S/C21H24ClN3O4S/c1-5-12-25(30(27,28)17-9-7-16(29-4)8-10-17)14(2)20-23-19-13-15(22)6-11-18(19)21(26)24(20)3/h6-11,13-14H,5,12H2,1-4H3. The number of methoxy groups -OCH3 is 1. The molecule has 3 rings (SSSR count). The number of ether oxygens (including phenoxy) is 1. The second kappa shape index (κ2) is 8.75. The minimum atomic E-state index is -3.83. The highest BCUT2D eigenvalue weighted by atomic mass is 35.5. The van der Waals surface area contributed by atoms with E-state index in [0.29, 0.717) is 33.9 Å². The molecule has 3 aromatic rings. The Kier molecular flexibility index (Phi) is 6.50. The molecule has 0 aliphatic heterocycles. The third kappa shape index (κ3) is 4.08. The molecule has 30 heavy (non-hydrogen) atoms. The van der Waals surface area contributed by atoms with Crippen LogP contribution in [0.2, 0.25) is 5.02 Å². The number of halogens is 1. The van der Waals surface area contributed by atoms with E-state index in [0.717, 1.165) is 0 Å². The molecule has 0 radical (unpaired) electrons. The minimum absolute atomic E-state index is 0.150. The van der Waals surface area contributed by atoms with Crippen LogP contribution in [-0.2, 0) is 17.1 Å². The number of sulfonamides is 1. The SMILES string of the molecule is CCCN(C(C)c1nc2cc(Cl)ccc2c(=O)n1C)S(=O)(=O)c1ccc(OC)cc1. The van der Waals surface area contributed by atoms with E-state index in [1.807, 2.05) is 6.92 Å². The van der Waals surface area contributed by atoms with Gasteiger partial charge in [-0.1, -0.05) is 18.5 Å². The zero-order valence-electron chi connectivity index (χ0n) is 17.3. The van der Waals surface area contributed by atoms with Gasteiger partial charge in [-0.15, -0.1) is 0 Å². The first-order chi connectivity index (χ1) is 14.2. The summed E-state index contributed by atoms with van der Waals surface area (Å²) in [5.41, 5.74) is 0.183. The number of aromatic nitrogens is 2. The van der Waals surface area contributed by atoms with E-state index >= 15 is 0 Å². The molecular weight excluding hydrogens is 426 g/mol. The van der Waals surface area contributed by atoms with Crippen LogP contribution in [0.3, 0.4) is 0 Å². The van der Waals surface area contributed by atoms with Crippen molar-refractivity contribution in [2.24, 2.45) is 7.05 Å². The predicted molar refractivity (Wildman–Crippen MR) is 118 cm³/mol. The molecule has 0 N–H and O–H groups in total. The molecular formula is C21H24ClN3O4S. The Labute approximate surface area is 180 Å². The van der Waals surface area contributed by atoms with Crippen LogP contribution in [0, 0.1) is 0 Å². The number of nitrogens with zero attached hydrogens (tertiary/aromatic N) is 3. The molecule has 0 saturated carbocycles. The fraction of sp³-hybridized carbons (Fsp3) is 0.333. The molecule has 2 aromatic carbocycles. The molecule has 1 atom stereocenters. The minimum Gasteiger partial charge on any atom is -0.497 e. The molecule has 7 nitrogen and oxygen atoms in total. The van der Waals surface area contributed by atoms with Crippen LogP contribution < -0.4 is 10.3 Å². The summed E-state index contributed by atoms with van der Waals surface area (Å²) in [6, 6.07) is 10.4. The first-order valence-electron chi connectivity index (χ1n) is 9.52. The van der Waals surface area contributed by atoms with Gasteiger partial charge in [-0.2, -0.15) is 4.31 Å². The summed E-state index contributed by atoms with van der Waals surface area (Å²) in [5.74, 6) is 0.916. The van der Waals surface area contributed by atoms with E-state index < -0.39 is 16.1 Å². The average Bonchev–Trinajstić information content (AvgIpc) is 2.73. The molecule has 160 valence electrons. The lowest BCUT2D eigenvalue weighted by Gasteiger charge is -2.29. The van der Waals surface area contributed by atoms with Crippen molar-refractivity contribution in [1.82, 2.24) is 13.9 Å². The zero-order valence-corrected chi connectivity index (χ0v) is 18.9. The van der Waals surface area contributed by atoms with Crippen LogP contribution in [0.4, 0.5) is 0 Å². The van der Waals surface area contributed by atoms with Gasteiger partial charge in [0.05, 0.1) is 29.0 Å². The maximum absolute atomic E-state index is 13.4. The van der Waals surface area contributed by atoms with Crippen molar-refractivity contribution < 1.29 is 13.2 Å². The van der Waals surface area contributed by atoms with Crippen LogP contribution in [0.5, 0.6) is 5.75 Å². The zero-order chi connectivity index (χ0) is 22.1. The average molecular weight is 450 g/mol. The first-order valence-corrected chi connectivity index (χ1v) is 11.3. The molecule has 0 fully saturated rings. The van der Waals surface area contributed by atoms with Crippen molar-refractivity contribution in [2.75, 3.05) is 13.7 Å². The van der Waals surface area contributed by atoms with E-state index in [4.69, 9.17) is 16.3 Å². The van der Waals surface area contributed by atoms with Gasteiger partial charge in [0.25, 0.3) is 5.56 Å². The lowest BCUT2D eigenvalue weighted by atomic mass is 10.2. The molecule has 0 aliphatic rings. The lowest BCUT2D eigenvalue weighted by molar-refractivity contribution is 0.324. The van der Waals surface area contributed by atoms with Gasteiger partial charge in [0.15, 0.2) is 0 Å². The molecule has 9 heteroatoms. The van der Waals surface area contributed by atoms with Gasteiger partial charge in [0.1, 0.15) is 11.6 Å². The van der Waals surface area contributed by atoms with E-state index in [1.54, 1.807) is 44.3 Å². The Morgan fingerprint density at radius 3 is 2.47 bits per heavy atom. The van der Waals surface area contributed by atoms with Gasteiger partial charge in [-0.05, 0) is 55.8 Å².